The number of aromatic nitrogens is 2. The van der Waals surface area contributed by atoms with Crippen molar-refractivity contribution in [1.82, 2.24) is 9.97 Å². The van der Waals surface area contributed by atoms with Gasteiger partial charge in [0.1, 0.15) is 18.1 Å². The first-order valence-corrected chi connectivity index (χ1v) is 15.7. The molecule has 0 bridgehead atoms. The number of nitrogens with two attached hydrogens (primary N) is 1. The fraction of sp³-hybridized carbons (Fsp3) is 0.455. The third-order valence-corrected chi connectivity index (χ3v) is 8.31. The number of carbonyl (C=O) groups excluding carboxylic acids is 1. The zero-order valence-corrected chi connectivity index (χ0v) is 27.3. The first kappa shape index (κ1) is 40.1. The van der Waals surface area contributed by atoms with Crippen LogP contribution in [0.2, 0.25) is 0 Å². The first-order chi connectivity index (χ1) is 24.2. The summed E-state index contributed by atoms with van der Waals surface area (Å²) in [4.78, 5) is 33.8. The monoisotopic (exact) mass is 752 g/mol. The molecular formula is C33H33F9N4O6. The van der Waals surface area contributed by atoms with Crippen LogP contribution in [0.4, 0.5) is 50.0 Å². The van der Waals surface area contributed by atoms with E-state index in [1.165, 1.54) is 0 Å². The number of halogens is 9. The number of aliphatic hydroxyl groups excluding tert-OH is 1. The van der Waals surface area contributed by atoms with Gasteiger partial charge in [-0.15, -0.1) is 0 Å². The molecule has 0 spiro atoms. The molecule has 0 unspecified atom stereocenters. The Hall–Kier alpha value is -4.65. The number of nitrogens with zero attached hydrogens (tertiary/aromatic N) is 3. The lowest BCUT2D eigenvalue weighted by molar-refractivity contribution is -0.143. The van der Waals surface area contributed by atoms with Crippen molar-refractivity contribution in [3.63, 3.8) is 0 Å². The lowest BCUT2D eigenvalue weighted by Gasteiger charge is -2.46. The Balaban J connectivity index is 1.84. The van der Waals surface area contributed by atoms with E-state index in [-0.39, 0.29) is 79.9 Å². The van der Waals surface area contributed by atoms with E-state index in [1.54, 1.807) is 6.92 Å². The zero-order valence-electron chi connectivity index (χ0n) is 27.3. The highest BCUT2D eigenvalue weighted by molar-refractivity contribution is 5.91. The van der Waals surface area contributed by atoms with Gasteiger partial charge in [0.15, 0.2) is 5.75 Å². The standard InChI is InChI=1S/C33H33F9N4O6/c1-2-30(43)16-23(22-15-19(31(34,35)36)6-7-25(22)46(30)29(50)52-9-4-3-5-27(48)49)28-44-17-26(51-10-8-47)24(45-28)13-18-11-20(32(37,38)39)14-21(12-18)33(40,41)42/h6-7,11-12,14-15,17,23,47H,2-5,8-10,13,16,43H2,1H3,(H,48,49)/t23-,30+/m0/s1. The first-order valence-electron chi connectivity index (χ1n) is 15.7. The fourth-order valence-corrected chi connectivity index (χ4v) is 5.73. The van der Waals surface area contributed by atoms with Crippen molar-refractivity contribution >= 4 is 17.7 Å². The number of carbonyl (C=O) groups is 2. The second kappa shape index (κ2) is 15.5. The van der Waals surface area contributed by atoms with Crippen LogP contribution in [0, 0.1) is 0 Å². The number of carboxylic acids is 1. The Labute approximate surface area is 290 Å². The average Bonchev–Trinajstić information content (AvgIpc) is 3.05. The lowest BCUT2D eigenvalue weighted by atomic mass is 9.80. The van der Waals surface area contributed by atoms with Crippen LogP contribution in [0.15, 0.2) is 42.6 Å². The molecular weight excluding hydrogens is 719 g/mol. The number of hydrogen-bond donors (Lipinski definition) is 3. The molecule has 0 aliphatic carbocycles. The van der Waals surface area contributed by atoms with Crippen molar-refractivity contribution in [2.75, 3.05) is 24.7 Å². The van der Waals surface area contributed by atoms with Crippen LogP contribution in [0.5, 0.6) is 5.75 Å². The number of amides is 1. The van der Waals surface area contributed by atoms with Crippen molar-refractivity contribution in [3.8, 4) is 5.75 Å². The summed E-state index contributed by atoms with van der Waals surface area (Å²) in [5.41, 5.74) is -0.203. The van der Waals surface area contributed by atoms with Crippen molar-refractivity contribution in [2.24, 2.45) is 5.73 Å². The number of fused-ring (bicyclic) bond motifs is 1. The van der Waals surface area contributed by atoms with Crippen LogP contribution >= 0.6 is 0 Å². The van der Waals surface area contributed by atoms with Gasteiger partial charge in [0.2, 0.25) is 0 Å². The van der Waals surface area contributed by atoms with E-state index in [2.05, 4.69) is 9.97 Å². The van der Waals surface area contributed by atoms with Crippen molar-refractivity contribution in [2.45, 2.75) is 75.6 Å². The number of anilines is 1. The van der Waals surface area contributed by atoms with Gasteiger partial charge in [0.05, 0.1) is 47.5 Å². The van der Waals surface area contributed by atoms with Crippen LogP contribution in [0.3, 0.4) is 0 Å². The van der Waals surface area contributed by atoms with Crippen molar-refractivity contribution < 1.29 is 68.8 Å². The summed E-state index contributed by atoms with van der Waals surface area (Å²) >= 11 is 0. The molecule has 2 heterocycles. The number of carboxylic acid groups (broad SMARTS) is 1. The molecule has 0 radical (unpaired) electrons. The van der Waals surface area contributed by atoms with Crippen LogP contribution in [0.25, 0.3) is 0 Å². The van der Waals surface area contributed by atoms with E-state index in [9.17, 15) is 54.2 Å². The van der Waals surface area contributed by atoms with E-state index in [4.69, 9.17) is 20.3 Å². The molecule has 2 atom stereocenters. The summed E-state index contributed by atoms with van der Waals surface area (Å²) in [5.74, 6) is -2.74. The number of hydrogen-bond acceptors (Lipinski definition) is 8. The predicted octanol–water partition coefficient (Wildman–Crippen LogP) is 7.29. The zero-order chi connectivity index (χ0) is 38.6. The number of unbranched alkanes of at least 4 members (excludes halogenated alkanes) is 1. The van der Waals surface area contributed by atoms with E-state index >= 15 is 0 Å². The SMILES string of the molecule is CC[C@]1(N)C[C@H](c2ncc(OCCO)c(Cc3cc(C(F)(F)F)cc(C(F)(F)F)c3)n2)c2cc(C(F)(F)F)ccc2N1C(=O)OCCCCC(=O)O. The van der Waals surface area contributed by atoms with Gasteiger partial charge in [0, 0.05) is 18.8 Å². The highest BCUT2D eigenvalue weighted by Crippen LogP contribution is 2.48. The van der Waals surface area contributed by atoms with E-state index < -0.39 is 77.5 Å². The van der Waals surface area contributed by atoms with Crippen LogP contribution in [0.1, 0.15) is 84.3 Å². The Kier molecular flexibility index (Phi) is 12.0. The summed E-state index contributed by atoms with van der Waals surface area (Å²) in [7, 11) is 0. The minimum atomic E-state index is -5.15. The highest BCUT2D eigenvalue weighted by atomic mass is 19.4. The lowest BCUT2D eigenvalue weighted by Crippen LogP contribution is -2.61. The normalized spacial score (nSPS) is 17.8. The van der Waals surface area contributed by atoms with Crippen LogP contribution in [-0.4, -0.2) is 57.7 Å². The summed E-state index contributed by atoms with van der Waals surface area (Å²) in [6, 6.07) is 3.41. The summed E-state index contributed by atoms with van der Waals surface area (Å²) in [5, 5.41) is 18.1. The molecule has 52 heavy (non-hydrogen) atoms. The van der Waals surface area contributed by atoms with Gasteiger partial charge in [0.25, 0.3) is 0 Å². The van der Waals surface area contributed by atoms with Crippen LogP contribution < -0.4 is 15.4 Å². The third-order valence-electron chi connectivity index (χ3n) is 8.31. The van der Waals surface area contributed by atoms with Gasteiger partial charge in [-0.25, -0.2) is 14.8 Å². The van der Waals surface area contributed by atoms with E-state index in [0.29, 0.717) is 18.2 Å². The fourth-order valence-electron chi connectivity index (χ4n) is 5.73. The average molecular weight is 753 g/mol. The quantitative estimate of drug-likeness (QED) is 0.128. The largest absolute Gasteiger partial charge is 0.488 e. The molecule has 4 rings (SSSR count). The molecule has 1 amide bonds. The maximum atomic E-state index is 14.0. The number of ether oxygens (including phenoxy) is 2. The smallest absolute Gasteiger partial charge is 0.416 e. The number of aliphatic hydroxyl groups is 1. The highest BCUT2D eigenvalue weighted by Gasteiger charge is 2.47. The topological polar surface area (TPSA) is 148 Å². The van der Waals surface area contributed by atoms with Crippen molar-refractivity contribution in [3.05, 3.63) is 81.9 Å². The summed E-state index contributed by atoms with van der Waals surface area (Å²) in [6.45, 7) is 0.442. The molecule has 2 aromatic carbocycles. The predicted molar refractivity (Wildman–Crippen MR) is 164 cm³/mol. The molecule has 284 valence electrons. The molecule has 1 aliphatic rings. The van der Waals surface area contributed by atoms with Gasteiger partial charge < -0.3 is 25.4 Å². The van der Waals surface area contributed by atoms with Crippen molar-refractivity contribution in [1.29, 1.82) is 0 Å². The molecule has 3 aromatic rings. The molecule has 0 saturated heterocycles. The van der Waals surface area contributed by atoms with Gasteiger partial charge in [-0.1, -0.05) is 6.92 Å². The van der Waals surface area contributed by atoms with Gasteiger partial charge >= 0.3 is 30.6 Å². The minimum Gasteiger partial charge on any atom is -0.488 e. The Morgan fingerprint density at radius 1 is 0.942 bits per heavy atom. The number of benzene rings is 2. The Morgan fingerprint density at radius 2 is 1.58 bits per heavy atom. The van der Waals surface area contributed by atoms with Gasteiger partial charge in [-0.05, 0) is 73.2 Å². The summed E-state index contributed by atoms with van der Waals surface area (Å²) in [6.07, 6.45) is -16.0. The van der Waals surface area contributed by atoms with Gasteiger partial charge in [-0.2, -0.15) is 39.5 Å². The number of aliphatic carboxylic acids is 1. The Morgan fingerprint density at radius 3 is 2.13 bits per heavy atom. The van der Waals surface area contributed by atoms with Crippen LogP contribution in [-0.2, 0) is 34.5 Å². The molecule has 1 aliphatic heterocycles. The molecule has 1 aromatic heterocycles. The second-order valence-corrected chi connectivity index (χ2v) is 12.0. The Bertz CT molecular complexity index is 1730. The minimum absolute atomic E-state index is 0.00703. The van der Waals surface area contributed by atoms with Gasteiger partial charge in [-0.3, -0.25) is 9.69 Å². The molecule has 4 N–H and O–H groups in total. The maximum Gasteiger partial charge on any atom is 0.416 e. The van der Waals surface area contributed by atoms with E-state index in [0.717, 1.165) is 23.2 Å². The molecule has 0 saturated carbocycles. The van der Waals surface area contributed by atoms with E-state index in [1.807, 2.05) is 0 Å². The number of alkyl halides is 9. The second-order valence-electron chi connectivity index (χ2n) is 12.0. The third kappa shape index (κ3) is 9.41. The maximum absolute atomic E-state index is 14.0. The number of rotatable bonds is 12. The molecule has 19 heteroatoms. The molecule has 0 fully saturated rings. The molecule has 10 nitrogen and oxygen atoms in total. The summed E-state index contributed by atoms with van der Waals surface area (Å²) < 4.78 is 134.